The number of anilines is 1. The Morgan fingerprint density at radius 1 is 1.42 bits per heavy atom. The van der Waals surface area contributed by atoms with Crippen LogP contribution in [0.5, 0.6) is 0 Å². The molecule has 0 saturated carbocycles. The van der Waals surface area contributed by atoms with E-state index in [4.69, 9.17) is 4.74 Å². The van der Waals surface area contributed by atoms with E-state index in [1.54, 1.807) is 7.11 Å². The molecule has 1 aliphatic heterocycles. The molecular formula is C16H26N2O. The molecule has 1 aromatic carbocycles. The SMILES string of the molecule is COCc1cccc(N2CCC(CNC(C)C)C2)c1. The largest absolute Gasteiger partial charge is 0.380 e. The summed E-state index contributed by atoms with van der Waals surface area (Å²) in [4.78, 5) is 2.49. The number of nitrogens with one attached hydrogen (secondary N) is 1. The van der Waals surface area contributed by atoms with Crippen molar-refractivity contribution in [3.8, 4) is 0 Å². The van der Waals surface area contributed by atoms with Crippen molar-refractivity contribution in [2.24, 2.45) is 5.92 Å². The molecule has 106 valence electrons. The van der Waals surface area contributed by atoms with Crippen LogP contribution in [-0.4, -0.2) is 32.8 Å². The summed E-state index contributed by atoms with van der Waals surface area (Å²) >= 11 is 0. The number of hydrogen-bond acceptors (Lipinski definition) is 3. The van der Waals surface area contributed by atoms with Gasteiger partial charge < -0.3 is 15.0 Å². The smallest absolute Gasteiger partial charge is 0.0713 e. The summed E-state index contributed by atoms with van der Waals surface area (Å²) < 4.78 is 5.20. The molecule has 1 fully saturated rings. The Balaban J connectivity index is 1.91. The number of benzene rings is 1. The molecule has 1 heterocycles. The molecular weight excluding hydrogens is 236 g/mol. The molecule has 1 N–H and O–H groups in total. The predicted molar refractivity (Wildman–Crippen MR) is 80.6 cm³/mol. The monoisotopic (exact) mass is 262 g/mol. The fourth-order valence-corrected chi connectivity index (χ4v) is 2.65. The molecule has 0 bridgehead atoms. The van der Waals surface area contributed by atoms with Gasteiger partial charge in [-0.05, 0) is 36.6 Å². The third-order valence-corrected chi connectivity index (χ3v) is 3.69. The number of rotatable bonds is 6. The molecule has 19 heavy (non-hydrogen) atoms. The van der Waals surface area contributed by atoms with Crippen molar-refractivity contribution in [1.29, 1.82) is 0 Å². The first-order chi connectivity index (χ1) is 9.19. The molecule has 1 aromatic rings. The van der Waals surface area contributed by atoms with Crippen LogP contribution in [-0.2, 0) is 11.3 Å². The van der Waals surface area contributed by atoms with Crippen LogP contribution in [0, 0.1) is 5.92 Å². The van der Waals surface area contributed by atoms with Gasteiger partial charge in [-0.15, -0.1) is 0 Å². The maximum atomic E-state index is 5.20. The lowest BCUT2D eigenvalue weighted by Gasteiger charge is -2.20. The van der Waals surface area contributed by atoms with Gasteiger partial charge in [-0.3, -0.25) is 0 Å². The highest BCUT2D eigenvalue weighted by Gasteiger charge is 2.22. The standard InChI is InChI=1S/C16H26N2O/c1-13(2)17-10-15-7-8-18(11-15)16-6-4-5-14(9-16)12-19-3/h4-6,9,13,15,17H,7-8,10-12H2,1-3H3. The minimum absolute atomic E-state index is 0.582. The summed E-state index contributed by atoms with van der Waals surface area (Å²) in [7, 11) is 1.75. The number of methoxy groups -OCH3 is 1. The van der Waals surface area contributed by atoms with Gasteiger partial charge in [-0.1, -0.05) is 26.0 Å². The number of ether oxygens (including phenoxy) is 1. The Morgan fingerprint density at radius 3 is 3.00 bits per heavy atom. The van der Waals surface area contributed by atoms with Gasteiger partial charge >= 0.3 is 0 Å². The van der Waals surface area contributed by atoms with E-state index in [0.29, 0.717) is 12.6 Å². The van der Waals surface area contributed by atoms with Crippen molar-refractivity contribution in [3.63, 3.8) is 0 Å². The van der Waals surface area contributed by atoms with Crippen molar-refractivity contribution in [3.05, 3.63) is 29.8 Å². The van der Waals surface area contributed by atoms with Gasteiger partial charge in [0.05, 0.1) is 6.61 Å². The van der Waals surface area contributed by atoms with E-state index in [9.17, 15) is 0 Å². The summed E-state index contributed by atoms with van der Waals surface area (Å²) in [5, 5.41) is 3.54. The van der Waals surface area contributed by atoms with E-state index in [-0.39, 0.29) is 0 Å². The third-order valence-electron chi connectivity index (χ3n) is 3.69. The first-order valence-electron chi connectivity index (χ1n) is 7.25. The van der Waals surface area contributed by atoms with Crippen LogP contribution in [0.2, 0.25) is 0 Å². The van der Waals surface area contributed by atoms with E-state index < -0.39 is 0 Å². The van der Waals surface area contributed by atoms with Gasteiger partial charge in [0.1, 0.15) is 0 Å². The summed E-state index contributed by atoms with van der Waals surface area (Å²) in [5.74, 6) is 0.772. The zero-order valence-electron chi connectivity index (χ0n) is 12.4. The van der Waals surface area contributed by atoms with Crippen LogP contribution >= 0.6 is 0 Å². The minimum atomic E-state index is 0.582. The van der Waals surface area contributed by atoms with E-state index >= 15 is 0 Å². The Hall–Kier alpha value is -1.06. The van der Waals surface area contributed by atoms with E-state index in [1.807, 2.05) is 0 Å². The molecule has 1 unspecified atom stereocenters. The van der Waals surface area contributed by atoms with Gasteiger partial charge in [-0.25, -0.2) is 0 Å². The van der Waals surface area contributed by atoms with Crippen molar-refractivity contribution in [1.82, 2.24) is 5.32 Å². The highest BCUT2D eigenvalue weighted by Crippen LogP contribution is 2.24. The van der Waals surface area contributed by atoms with Gasteiger partial charge in [0.2, 0.25) is 0 Å². The van der Waals surface area contributed by atoms with E-state index in [2.05, 4.69) is 48.3 Å². The van der Waals surface area contributed by atoms with Crippen LogP contribution < -0.4 is 10.2 Å². The fourth-order valence-electron chi connectivity index (χ4n) is 2.65. The average Bonchev–Trinajstić information content (AvgIpc) is 2.86. The lowest BCUT2D eigenvalue weighted by atomic mass is 10.1. The highest BCUT2D eigenvalue weighted by atomic mass is 16.5. The second-order valence-electron chi connectivity index (χ2n) is 5.77. The molecule has 2 rings (SSSR count). The Labute approximate surface area is 116 Å². The summed E-state index contributed by atoms with van der Waals surface area (Å²) in [5.41, 5.74) is 2.59. The molecule has 1 aliphatic rings. The van der Waals surface area contributed by atoms with Crippen molar-refractivity contribution >= 4 is 5.69 Å². The van der Waals surface area contributed by atoms with Gasteiger partial charge in [-0.2, -0.15) is 0 Å². The first kappa shape index (κ1) is 14.4. The summed E-state index contributed by atoms with van der Waals surface area (Å²) in [6.07, 6.45) is 1.29. The molecule has 3 nitrogen and oxygen atoms in total. The zero-order chi connectivity index (χ0) is 13.7. The fraction of sp³-hybridized carbons (Fsp3) is 0.625. The van der Waals surface area contributed by atoms with Crippen LogP contribution in [0.3, 0.4) is 0 Å². The molecule has 0 aliphatic carbocycles. The molecule has 0 aromatic heterocycles. The maximum absolute atomic E-state index is 5.20. The van der Waals surface area contributed by atoms with Crippen LogP contribution in [0.15, 0.2) is 24.3 Å². The maximum Gasteiger partial charge on any atom is 0.0713 e. The average molecular weight is 262 g/mol. The molecule has 0 amide bonds. The van der Waals surface area contributed by atoms with Crippen molar-refractivity contribution in [2.75, 3.05) is 31.6 Å². The van der Waals surface area contributed by atoms with Crippen molar-refractivity contribution < 1.29 is 4.74 Å². The Bertz CT molecular complexity index is 392. The first-order valence-corrected chi connectivity index (χ1v) is 7.25. The van der Waals surface area contributed by atoms with Crippen LogP contribution in [0.1, 0.15) is 25.8 Å². The second-order valence-corrected chi connectivity index (χ2v) is 5.77. The second kappa shape index (κ2) is 6.92. The third kappa shape index (κ3) is 4.22. The van der Waals surface area contributed by atoms with Gasteiger partial charge in [0, 0.05) is 31.9 Å². The van der Waals surface area contributed by atoms with Crippen LogP contribution in [0.25, 0.3) is 0 Å². The van der Waals surface area contributed by atoms with E-state index in [1.165, 1.54) is 24.2 Å². The Morgan fingerprint density at radius 2 is 2.26 bits per heavy atom. The zero-order valence-corrected chi connectivity index (χ0v) is 12.4. The van der Waals surface area contributed by atoms with E-state index in [0.717, 1.165) is 19.0 Å². The highest BCUT2D eigenvalue weighted by molar-refractivity contribution is 5.49. The lowest BCUT2D eigenvalue weighted by molar-refractivity contribution is 0.185. The number of hydrogen-bond donors (Lipinski definition) is 1. The minimum Gasteiger partial charge on any atom is -0.380 e. The lowest BCUT2D eigenvalue weighted by Crippen LogP contribution is -2.30. The molecule has 0 spiro atoms. The number of nitrogens with zero attached hydrogens (tertiary/aromatic N) is 1. The van der Waals surface area contributed by atoms with Crippen LogP contribution in [0.4, 0.5) is 5.69 Å². The van der Waals surface area contributed by atoms with Crippen molar-refractivity contribution in [2.45, 2.75) is 32.9 Å². The molecule has 0 radical (unpaired) electrons. The quantitative estimate of drug-likeness (QED) is 0.853. The normalized spacial score (nSPS) is 19.4. The molecule has 1 saturated heterocycles. The summed E-state index contributed by atoms with van der Waals surface area (Å²) in [6.45, 7) is 8.57. The topological polar surface area (TPSA) is 24.5 Å². The van der Waals surface area contributed by atoms with Gasteiger partial charge in [0.25, 0.3) is 0 Å². The Kier molecular flexibility index (Phi) is 5.23. The summed E-state index contributed by atoms with van der Waals surface area (Å²) in [6, 6.07) is 9.29. The van der Waals surface area contributed by atoms with Gasteiger partial charge in [0.15, 0.2) is 0 Å². The molecule has 1 atom stereocenters. The molecule has 3 heteroatoms. The predicted octanol–water partition coefficient (Wildman–Crippen LogP) is 2.66.